The highest BCUT2D eigenvalue weighted by molar-refractivity contribution is 5.95. The van der Waals surface area contributed by atoms with E-state index in [-0.39, 0.29) is 29.4 Å². The monoisotopic (exact) mass is 598 g/mol. The van der Waals surface area contributed by atoms with Crippen LogP contribution >= 0.6 is 0 Å². The molecule has 0 spiro atoms. The molecule has 232 valence electrons. The molecule has 0 amide bonds. The molecule has 0 unspecified atom stereocenters. The van der Waals surface area contributed by atoms with Gasteiger partial charge in [0.2, 0.25) is 12.6 Å². The lowest BCUT2D eigenvalue weighted by Crippen LogP contribution is -2.60. The van der Waals surface area contributed by atoms with Gasteiger partial charge < -0.3 is 69.3 Å². The van der Waals surface area contributed by atoms with E-state index in [9.17, 15) is 45.6 Å². The SMILES string of the molecule is COc1cccc(O[C@@H]2O[C@H](CO)[C@@H](O)[C@H](O)[C@H]2O)c1C(=O)OCc1ccccc1O[C@@H]1O[C@H](CO)[C@@H](O)[C@H](O)[C@H]1O. The largest absolute Gasteiger partial charge is 0.496 e. The minimum Gasteiger partial charge on any atom is -0.496 e. The van der Waals surface area contributed by atoms with Gasteiger partial charge in [-0.1, -0.05) is 24.3 Å². The number of aliphatic hydroxyl groups is 8. The summed E-state index contributed by atoms with van der Waals surface area (Å²) in [6.07, 6.45) is -15.4. The van der Waals surface area contributed by atoms with Gasteiger partial charge in [0.1, 0.15) is 78.3 Å². The zero-order chi connectivity index (χ0) is 30.6. The molecule has 15 heteroatoms. The van der Waals surface area contributed by atoms with Gasteiger partial charge in [-0.05, 0) is 18.2 Å². The molecule has 0 bridgehead atoms. The number of carbonyl (C=O) groups excluding carboxylic acids is 1. The van der Waals surface area contributed by atoms with Crippen molar-refractivity contribution in [3.63, 3.8) is 0 Å². The van der Waals surface area contributed by atoms with Crippen molar-refractivity contribution in [2.75, 3.05) is 20.3 Å². The molecule has 2 aliphatic heterocycles. The Morgan fingerprint density at radius 3 is 1.74 bits per heavy atom. The van der Waals surface area contributed by atoms with Crippen LogP contribution in [0.4, 0.5) is 0 Å². The number of esters is 1. The first kappa shape index (κ1) is 31.8. The topological polar surface area (TPSA) is 234 Å². The molecule has 2 aromatic carbocycles. The number of methoxy groups -OCH3 is 1. The number of ether oxygens (including phenoxy) is 6. The summed E-state index contributed by atoms with van der Waals surface area (Å²) in [7, 11) is 1.30. The molecule has 2 aliphatic rings. The Hall–Kier alpha value is -3.09. The average molecular weight is 599 g/mol. The predicted octanol–water partition coefficient (Wildman–Crippen LogP) is -2.59. The minimum absolute atomic E-state index is 0.0351. The Labute approximate surface area is 239 Å². The van der Waals surface area contributed by atoms with Crippen LogP contribution < -0.4 is 14.2 Å². The number of aliphatic hydroxyl groups excluding tert-OH is 8. The summed E-state index contributed by atoms with van der Waals surface area (Å²) in [4.78, 5) is 13.3. The molecule has 0 aliphatic carbocycles. The summed E-state index contributed by atoms with van der Waals surface area (Å²) < 4.78 is 32.9. The van der Waals surface area contributed by atoms with E-state index in [4.69, 9.17) is 28.4 Å². The second-order valence-corrected chi connectivity index (χ2v) is 9.65. The molecular weight excluding hydrogens is 564 g/mol. The Morgan fingerprint density at radius 1 is 0.690 bits per heavy atom. The highest BCUT2D eigenvalue weighted by Crippen LogP contribution is 2.33. The first-order chi connectivity index (χ1) is 20.1. The third kappa shape index (κ3) is 6.60. The van der Waals surface area contributed by atoms with Gasteiger partial charge in [-0.3, -0.25) is 0 Å². The summed E-state index contributed by atoms with van der Waals surface area (Å²) in [5.74, 6) is -0.954. The van der Waals surface area contributed by atoms with Gasteiger partial charge >= 0.3 is 5.97 Å². The van der Waals surface area contributed by atoms with Crippen LogP contribution in [0.1, 0.15) is 15.9 Å². The normalized spacial score (nSPS) is 33.1. The zero-order valence-corrected chi connectivity index (χ0v) is 22.4. The second kappa shape index (κ2) is 13.9. The Bertz CT molecular complexity index is 1190. The lowest BCUT2D eigenvalue weighted by molar-refractivity contribution is -0.277. The summed E-state index contributed by atoms with van der Waals surface area (Å²) in [6, 6.07) is 10.6. The summed E-state index contributed by atoms with van der Waals surface area (Å²) in [5, 5.41) is 79.7. The van der Waals surface area contributed by atoms with Crippen LogP contribution in [0.15, 0.2) is 42.5 Å². The van der Waals surface area contributed by atoms with E-state index in [2.05, 4.69) is 0 Å². The molecular formula is C27H34O15. The van der Waals surface area contributed by atoms with Gasteiger partial charge in [0.15, 0.2) is 0 Å². The standard InChI is InChI=1S/C27H34O15/c1-37-14-7-4-8-15(40-27-24(35)22(33)20(31)17(10-29)42-27)18(14)25(36)38-11-12-5-2-3-6-13(12)39-26-23(34)21(32)19(30)16(9-28)41-26/h2-8,16-17,19-24,26-35H,9-11H2,1H3/t16-,17-,19-,20-,21+,22+,23-,24-,26-,27-/m1/s1. The summed E-state index contributed by atoms with van der Waals surface area (Å²) in [5.41, 5.74) is 0.110. The van der Waals surface area contributed by atoms with Crippen LogP contribution in [-0.4, -0.2) is 129 Å². The van der Waals surface area contributed by atoms with Crippen molar-refractivity contribution in [2.24, 2.45) is 0 Å². The van der Waals surface area contributed by atoms with E-state index in [0.717, 1.165) is 0 Å². The fourth-order valence-corrected chi connectivity index (χ4v) is 4.51. The smallest absolute Gasteiger partial charge is 0.346 e. The predicted molar refractivity (Wildman–Crippen MR) is 137 cm³/mol. The van der Waals surface area contributed by atoms with Gasteiger partial charge in [0, 0.05) is 5.56 Å². The fraction of sp³-hybridized carbons (Fsp3) is 0.519. The van der Waals surface area contributed by atoms with Crippen LogP contribution in [0.5, 0.6) is 17.2 Å². The third-order valence-electron chi connectivity index (χ3n) is 6.93. The Kier molecular flexibility index (Phi) is 10.6. The molecule has 2 aromatic rings. The van der Waals surface area contributed by atoms with Gasteiger partial charge in [-0.2, -0.15) is 0 Å². The van der Waals surface area contributed by atoms with Gasteiger partial charge in [-0.25, -0.2) is 4.79 Å². The highest BCUT2D eigenvalue weighted by atomic mass is 16.7. The van der Waals surface area contributed by atoms with Crippen LogP contribution in [0.25, 0.3) is 0 Å². The Morgan fingerprint density at radius 2 is 1.19 bits per heavy atom. The van der Waals surface area contributed by atoms with Crippen molar-refractivity contribution < 1.29 is 74.1 Å². The maximum Gasteiger partial charge on any atom is 0.346 e. The molecule has 0 aromatic heterocycles. The van der Waals surface area contributed by atoms with Gasteiger partial charge in [0.05, 0.1) is 20.3 Å². The van der Waals surface area contributed by atoms with Crippen LogP contribution in [0, 0.1) is 0 Å². The number of hydrogen-bond donors (Lipinski definition) is 8. The number of para-hydroxylation sites is 1. The van der Waals surface area contributed by atoms with Crippen LogP contribution in [0.2, 0.25) is 0 Å². The van der Waals surface area contributed by atoms with Crippen molar-refractivity contribution in [2.45, 2.75) is 68.0 Å². The van der Waals surface area contributed by atoms with E-state index < -0.39 is 80.6 Å². The first-order valence-electron chi connectivity index (χ1n) is 13.0. The average Bonchev–Trinajstić information content (AvgIpc) is 3.00. The van der Waals surface area contributed by atoms with E-state index in [1.54, 1.807) is 18.2 Å². The summed E-state index contributed by atoms with van der Waals surface area (Å²) in [6.45, 7) is -1.69. The van der Waals surface area contributed by atoms with Crippen LogP contribution in [0.3, 0.4) is 0 Å². The van der Waals surface area contributed by atoms with Crippen LogP contribution in [-0.2, 0) is 20.8 Å². The zero-order valence-electron chi connectivity index (χ0n) is 22.4. The highest BCUT2D eigenvalue weighted by Gasteiger charge is 2.46. The molecule has 42 heavy (non-hydrogen) atoms. The first-order valence-corrected chi connectivity index (χ1v) is 13.0. The van der Waals surface area contributed by atoms with E-state index in [0.29, 0.717) is 5.56 Å². The maximum absolute atomic E-state index is 13.3. The van der Waals surface area contributed by atoms with Crippen molar-refractivity contribution in [1.82, 2.24) is 0 Å². The molecule has 2 saturated heterocycles. The molecule has 15 nitrogen and oxygen atoms in total. The van der Waals surface area contributed by atoms with Crippen molar-refractivity contribution in [3.05, 3.63) is 53.6 Å². The molecule has 0 radical (unpaired) electrons. The fourth-order valence-electron chi connectivity index (χ4n) is 4.51. The van der Waals surface area contributed by atoms with Crippen molar-refractivity contribution in [3.8, 4) is 17.2 Å². The lowest BCUT2D eigenvalue weighted by Gasteiger charge is -2.39. The molecule has 2 heterocycles. The lowest BCUT2D eigenvalue weighted by atomic mass is 9.99. The van der Waals surface area contributed by atoms with E-state index >= 15 is 0 Å². The molecule has 4 rings (SSSR count). The number of benzene rings is 2. The van der Waals surface area contributed by atoms with Crippen molar-refractivity contribution >= 4 is 5.97 Å². The molecule has 10 atom stereocenters. The quantitative estimate of drug-likeness (QED) is 0.131. The number of rotatable bonds is 10. The molecule has 0 saturated carbocycles. The van der Waals surface area contributed by atoms with Crippen molar-refractivity contribution in [1.29, 1.82) is 0 Å². The third-order valence-corrected chi connectivity index (χ3v) is 6.93. The van der Waals surface area contributed by atoms with Gasteiger partial charge in [0.25, 0.3) is 0 Å². The van der Waals surface area contributed by atoms with Gasteiger partial charge in [-0.15, -0.1) is 0 Å². The number of carbonyl (C=O) groups is 1. The van der Waals surface area contributed by atoms with E-state index in [1.165, 1.54) is 31.4 Å². The maximum atomic E-state index is 13.3. The number of hydrogen-bond acceptors (Lipinski definition) is 15. The summed E-state index contributed by atoms with van der Waals surface area (Å²) >= 11 is 0. The van der Waals surface area contributed by atoms with E-state index in [1.807, 2.05) is 0 Å². The molecule has 2 fully saturated rings. The second-order valence-electron chi connectivity index (χ2n) is 9.65. The Balaban J connectivity index is 1.51. The molecule has 8 N–H and O–H groups in total. The minimum atomic E-state index is -1.73.